The zero-order valence-corrected chi connectivity index (χ0v) is 13.7. The van der Waals surface area contributed by atoms with Crippen LogP contribution in [0.1, 0.15) is 35.4 Å². The van der Waals surface area contributed by atoms with Crippen molar-refractivity contribution in [1.82, 2.24) is 4.98 Å². The summed E-state index contributed by atoms with van der Waals surface area (Å²) in [4.78, 5) is 16.5. The van der Waals surface area contributed by atoms with Crippen molar-refractivity contribution in [3.8, 4) is 0 Å². The minimum Gasteiger partial charge on any atom is -0.389 e. The number of fused-ring (bicyclic) bond motifs is 1. The van der Waals surface area contributed by atoms with Gasteiger partial charge in [0.1, 0.15) is 5.15 Å². The maximum atomic E-state index is 14.7. The number of aliphatic hydroxyl groups is 1. The van der Waals surface area contributed by atoms with Gasteiger partial charge in [0, 0.05) is 17.2 Å². The molecule has 2 atom stereocenters. The number of halogens is 3. The van der Waals surface area contributed by atoms with Gasteiger partial charge in [-0.2, -0.15) is 8.78 Å². The molecule has 6 heteroatoms. The average molecular weight is 352 g/mol. The Kier molecular flexibility index (Phi) is 4.40. The van der Waals surface area contributed by atoms with Gasteiger partial charge in [0.25, 0.3) is 0 Å². The largest absolute Gasteiger partial charge is 0.389 e. The number of rotatable bonds is 3. The number of hydrogen-bond acceptors (Lipinski definition) is 3. The fourth-order valence-corrected chi connectivity index (χ4v) is 3.42. The molecular weight excluding hydrogens is 336 g/mol. The Hall–Kier alpha value is -1.85. The van der Waals surface area contributed by atoms with Crippen molar-refractivity contribution < 1.29 is 18.7 Å². The van der Waals surface area contributed by atoms with Crippen molar-refractivity contribution in [3.05, 3.63) is 63.9 Å². The van der Waals surface area contributed by atoms with Gasteiger partial charge in [-0.05, 0) is 43.0 Å². The lowest BCUT2D eigenvalue weighted by Crippen LogP contribution is -2.41. The van der Waals surface area contributed by atoms with Gasteiger partial charge in [0.2, 0.25) is 5.78 Å². The fraction of sp³-hybridized carbons (Fsp3) is 0.333. The van der Waals surface area contributed by atoms with E-state index in [1.165, 1.54) is 13.0 Å². The highest BCUT2D eigenvalue weighted by atomic mass is 35.5. The summed E-state index contributed by atoms with van der Waals surface area (Å²) in [5, 5.41) is 10.0. The molecule has 24 heavy (non-hydrogen) atoms. The van der Waals surface area contributed by atoms with Crippen LogP contribution in [0.4, 0.5) is 8.78 Å². The SMILES string of the molecule is CC(O)c1cccc2c1C(F)(F)C(=O)C(Cc1cccc(Cl)n1)C2. The Morgan fingerprint density at radius 3 is 2.71 bits per heavy atom. The van der Waals surface area contributed by atoms with E-state index in [1.54, 1.807) is 30.3 Å². The van der Waals surface area contributed by atoms with Crippen molar-refractivity contribution >= 4 is 17.4 Å². The Morgan fingerprint density at radius 1 is 1.33 bits per heavy atom. The first-order valence-electron chi connectivity index (χ1n) is 7.64. The van der Waals surface area contributed by atoms with Crippen LogP contribution in [0.5, 0.6) is 0 Å². The predicted octanol–water partition coefficient (Wildman–Crippen LogP) is 3.86. The first kappa shape index (κ1) is 17.0. The van der Waals surface area contributed by atoms with Crippen molar-refractivity contribution in [2.45, 2.75) is 31.8 Å². The van der Waals surface area contributed by atoms with Gasteiger partial charge >= 0.3 is 5.92 Å². The lowest BCUT2D eigenvalue weighted by Gasteiger charge is -2.32. The molecule has 0 bridgehead atoms. The molecular formula is C18H16ClF2NO2. The van der Waals surface area contributed by atoms with Gasteiger partial charge in [-0.25, -0.2) is 4.98 Å². The van der Waals surface area contributed by atoms with Crippen LogP contribution in [-0.4, -0.2) is 15.9 Å². The number of aliphatic hydroxyl groups excluding tert-OH is 1. The van der Waals surface area contributed by atoms with Crippen molar-refractivity contribution in [2.24, 2.45) is 5.92 Å². The summed E-state index contributed by atoms with van der Waals surface area (Å²) in [6.45, 7) is 1.41. The van der Waals surface area contributed by atoms with E-state index in [0.717, 1.165) is 0 Å². The number of carbonyl (C=O) groups excluding carboxylic acids is 1. The second-order valence-corrected chi connectivity index (χ2v) is 6.44. The number of hydrogen-bond donors (Lipinski definition) is 1. The Labute approximate surface area is 143 Å². The molecule has 0 radical (unpaired) electrons. The van der Waals surface area contributed by atoms with Crippen LogP contribution in [0.15, 0.2) is 36.4 Å². The molecule has 0 saturated heterocycles. The molecule has 3 rings (SSSR count). The van der Waals surface area contributed by atoms with Crippen molar-refractivity contribution in [1.29, 1.82) is 0 Å². The van der Waals surface area contributed by atoms with Gasteiger partial charge in [0.05, 0.1) is 6.10 Å². The van der Waals surface area contributed by atoms with Crippen LogP contribution in [0.2, 0.25) is 5.15 Å². The molecule has 1 N–H and O–H groups in total. The number of carbonyl (C=O) groups is 1. The first-order chi connectivity index (χ1) is 11.3. The van der Waals surface area contributed by atoms with Gasteiger partial charge in [-0.1, -0.05) is 35.9 Å². The van der Waals surface area contributed by atoms with Crippen LogP contribution in [0.25, 0.3) is 0 Å². The lowest BCUT2D eigenvalue weighted by molar-refractivity contribution is -0.151. The second-order valence-electron chi connectivity index (χ2n) is 6.05. The molecule has 0 aliphatic heterocycles. The molecule has 0 saturated carbocycles. The van der Waals surface area contributed by atoms with Gasteiger partial charge in [-0.15, -0.1) is 0 Å². The van der Waals surface area contributed by atoms with E-state index >= 15 is 0 Å². The van der Waals surface area contributed by atoms with Gasteiger partial charge in [0.15, 0.2) is 0 Å². The number of benzene rings is 1. The molecule has 0 amide bonds. The first-order valence-corrected chi connectivity index (χ1v) is 8.02. The standard InChI is InChI=1S/C18H16ClF2NO2/c1-10(23)14-6-2-4-11-8-12(17(24)18(20,21)16(11)14)9-13-5-3-7-15(19)22-13/h2-7,10,12,23H,8-9H2,1H3. The van der Waals surface area contributed by atoms with Gasteiger partial charge < -0.3 is 5.11 Å². The van der Waals surface area contributed by atoms with Crippen LogP contribution in [0, 0.1) is 5.92 Å². The van der Waals surface area contributed by atoms with Crippen LogP contribution >= 0.6 is 11.6 Å². The third-order valence-corrected chi connectivity index (χ3v) is 4.53. The van der Waals surface area contributed by atoms with E-state index in [9.17, 15) is 18.7 Å². The summed E-state index contributed by atoms with van der Waals surface area (Å²) in [7, 11) is 0. The number of nitrogens with zero attached hydrogens (tertiary/aromatic N) is 1. The lowest BCUT2D eigenvalue weighted by atomic mass is 9.76. The zero-order chi connectivity index (χ0) is 17.5. The molecule has 1 aromatic carbocycles. The predicted molar refractivity (Wildman–Crippen MR) is 86.1 cm³/mol. The molecule has 2 aromatic rings. The van der Waals surface area contributed by atoms with E-state index in [2.05, 4.69) is 4.98 Å². The summed E-state index contributed by atoms with van der Waals surface area (Å²) in [6.07, 6.45) is -0.768. The number of Topliss-reactive ketones (excluding diaryl/α,β-unsaturated/α-hetero) is 1. The van der Waals surface area contributed by atoms with Crippen LogP contribution in [-0.2, 0) is 23.6 Å². The Balaban J connectivity index is 2.00. The molecule has 2 unspecified atom stereocenters. The quantitative estimate of drug-likeness (QED) is 0.854. The minimum atomic E-state index is -3.62. The zero-order valence-electron chi connectivity index (χ0n) is 13.0. The number of ketones is 1. The van der Waals surface area contributed by atoms with E-state index in [1.807, 2.05) is 0 Å². The second kappa shape index (κ2) is 6.22. The molecule has 0 spiro atoms. The van der Waals surface area contributed by atoms with E-state index in [4.69, 9.17) is 11.6 Å². The van der Waals surface area contributed by atoms with Gasteiger partial charge in [-0.3, -0.25) is 4.79 Å². The fourth-order valence-electron chi connectivity index (χ4n) is 3.24. The summed E-state index contributed by atoms with van der Waals surface area (Å²) in [5.41, 5.74) is 0.655. The van der Waals surface area contributed by atoms with E-state index in [-0.39, 0.29) is 29.1 Å². The van der Waals surface area contributed by atoms with Crippen LogP contribution < -0.4 is 0 Å². The molecule has 3 nitrogen and oxygen atoms in total. The molecule has 0 fully saturated rings. The molecule has 1 heterocycles. The maximum Gasteiger partial charge on any atom is 0.331 e. The summed E-state index contributed by atoms with van der Waals surface area (Å²) in [5.74, 6) is -5.63. The molecule has 1 aliphatic carbocycles. The van der Waals surface area contributed by atoms with Crippen molar-refractivity contribution in [3.63, 3.8) is 0 Å². The average Bonchev–Trinajstić information content (AvgIpc) is 2.52. The third-order valence-electron chi connectivity index (χ3n) is 4.32. The molecule has 126 valence electrons. The van der Waals surface area contributed by atoms with Crippen LogP contribution in [0.3, 0.4) is 0 Å². The van der Waals surface area contributed by atoms with E-state index < -0.39 is 23.7 Å². The topological polar surface area (TPSA) is 50.2 Å². The summed E-state index contributed by atoms with van der Waals surface area (Å²) >= 11 is 5.82. The third kappa shape index (κ3) is 2.94. The molecule has 1 aromatic heterocycles. The highest BCUT2D eigenvalue weighted by Crippen LogP contribution is 2.44. The summed E-state index contributed by atoms with van der Waals surface area (Å²) in [6, 6.07) is 9.58. The highest BCUT2D eigenvalue weighted by Gasteiger charge is 2.51. The smallest absolute Gasteiger partial charge is 0.331 e. The molecule has 1 aliphatic rings. The Morgan fingerprint density at radius 2 is 2.04 bits per heavy atom. The van der Waals surface area contributed by atoms with E-state index in [0.29, 0.717) is 11.3 Å². The minimum absolute atomic E-state index is 0.102. The Bertz CT molecular complexity index is 792. The summed E-state index contributed by atoms with van der Waals surface area (Å²) < 4.78 is 29.5. The number of aromatic nitrogens is 1. The number of pyridine rings is 1. The van der Waals surface area contributed by atoms with Crippen molar-refractivity contribution in [2.75, 3.05) is 0 Å². The number of alkyl halides is 2. The monoisotopic (exact) mass is 351 g/mol. The highest BCUT2D eigenvalue weighted by molar-refractivity contribution is 6.29. The normalized spacial score (nSPS) is 20.5. The maximum absolute atomic E-state index is 14.7.